The first-order chi connectivity index (χ1) is 13.1. The summed E-state index contributed by atoms with van der Waals surface area (Å²) in [4.78, 5) is 12.9. The van der Waals surface area contributed by atoms with Crippen molar-refractivity contribution in [1.82, 2.24) is 19.5 Å². The molecule has 4 rings (SSSR count). The number of nitrogens with zero attached hydrogens (tertiary/aromatic N) is 4. The molecule has 0 spiro atoms. The first-order valence-corrected chi connectivity index (χ1v) is 9.45. The summed E-state index contributed by atoms with van der Waals surface area (Å²) >= 11 is 0. The minimum absolute atomic E-state index is 0.0853. The third-order valence-corrected chi connectivity index (χ3v) is 5.51. The minimum atomic E-state index is -1.21. The number of nitrogen functional groups attached to an aromatic ring is 1. The molecule has 27 heavy (non-hydrogen) atoms. The number of nitrogens with two attached hydrogens (primary N) is 1. The zero-order chi connectivity index (χ0) is 19.0. The lowest BCUT2D eigenvalue weighted by Gasteiger charge is -2.22. The van der Waals surface area contributed by atoms with E-state index in [-0.39, 0.29) is 5.95 Å². The summed E-state index contributed by atoms with van der Waals surface area (Å²) in [6.45, 7) is 0.402. The second-order valence-corrected chi connectivity index (χ2v) is 7.37. The van der Waals surface area contributed by atoms with Crippen molar-refractivity contribution in [3.63, 3.8) is 0 Å². The molecule has 1 saturated heterocycles. The molecule has 4 atom stereocenters. The molecular weight excluding hydrogens is 352 g/mol. The highest BCUT2D eigenvalue weighted by atomic mass is 16.6. The summed E-state index contributed by atoms with van der Waals surface area (Å²) in [5.41, 5.74) is 6.81. The van der Waals surface area contributed by atoms with Gasteiger partial charge >= 0.3 is 0 Å². The van der Waals surface area contributed by atoms with Crippen molar-refractivity contribution in [2.75, 3.05) is 24.2 Å². The van der Waals surface area contributed by atoms with Gasteiger partial charge in [0.15, 0.2) is 23.2 Å². The highest BCUT2D eigenvalue weighted by Gasteiger charge is 2.44. The Morgan fingerprint density at radius 3 is 2.67 bits per heavy atom. The number of anilines is 2. The largest absolute Gasteiger partial charge is 0.394 e. The quantitative estimate of drug-likeness (QED) is 0.484. The van der Waals surface area contributed by atoms with Gasteiger partial charge in [-0.25, -0.2) is 4.98 Å². The van der Waals surface area contributed by atoms with Crippen LogP contribution >= 0.6 is 0 Å². The summed E-state index contributed by atoms with van der Waals surface area (Å²) in [7, 11) is 0. The van der Waals surface area contributed by atoms with Crippen LogP contribution < -0.4 is 11.1 Å². The van der Waals surface area contributed by atoms with Gasteiger partial charge in [0.1, 0.15) is 18.3 Å². The molecule has 148 valence electrons. The van der Waals surface area contributed by atoms with Crippen LogP contribution in [0.15, 0.2) is 6.33 Å². The van der Waals surface area contributed by atoms with Crippen LogP contribution in [-0.2, 0) is 4.74 Å². The highest BCUT2D eigenvalue weighted by molar-refractivity contribution is 5.84. The number of nitrogens with one attached hydrogen (secondary N) is 1. The number of aliphatic hydroxyl groups is 3. The summed E-state index contributed by atoms with van der Waals surface area (Å²) < 4.78 is 7.09. The molecule has 1 aliphatic carbocycles. The topological polar surface area (TPSA) is 152 Å². The molecule has 1 saturated carbocycles. The van der Waals surface area contributed by atoms with Crippen molar-refractivity contribution in [2.45, 2.75) is 56.6 Å². The molecule has 1 unspecified atom stereocenters. The number of rotatable bonds is 5. The molecule has 1 aliphatic heterocycles. The van der Waals surface area contributed by atoms with Crippen LogP contribution in [0.2, 0.25) is 0 Å². The van der Waals surface area contributed by atoms with Crippen LogP contribution in [0.25, 0.3) is 11.2 Å². The lowest BCUT2D eigenvalue weighted by atomic mass is 9.89. The van der Waals surface area contributed by atoms with Gasteiger partial charge in [0.05, 0.1) is 12.9 Å². The molecule has 2 aromatic heterocycles. The van der Waals surface area contributed by atoms with E-state index in [9.17, 15) is 15.3 Å². The van der Waals surface area contributed by atoms with Crippen LogP contribution in [0, 0.1) is 5.92 Å². The molecule has 3 heterocycles. The van der Waals surface area contributed by atoms with E-state index in [0.29, 0.717) is 22.9 Å². The fourth-order valence-corrected chi connectivity index (χ4v) is 3.98. The average molecular weight is 378 g/mol. The van der Waals surface area contributed by atoms with Crippen LogP contribution in [-0.4, -0.2) is 66.3 Å². The van der Waals surface area contributed by atoms with E-state index < -0.39 is 31.1 Å². The van der Waals surface area contributed by atoms with Gasteiger partial charge in [-0.1, -0.05) is 19.3 Å². The van der Waals surface area contributed by atoms with E-state index in [1.807, 2.05) is 0 Å². The van der Waals surface area contributed by atoms with E-state index in [0.717, 1.165) is 6.54 Å². The number of aromatic nitrogens is 4. The van der Waals surface area contributed by atoms with E-state index in [1.165, 1.54) is 43.0 Å². The normalized spacial score (nSPS) is 29.4. The number of imidazole rings is 1. The molecule has 2 aromatic rings. The molecule has 2 aliphatic rings. The minimum Gasteiger partial charge on any atom is -0.394 e. The molecule has 0 radical (unpaired) electrons. The highest BCUT2D eigenvalue weighted by Crippen LogP contribution is 2.33. The second kappa shape index (κ2) is 7.55. The van der Waals surface area contributed by atoms with Gasteiger partial charge in [0, 0.05) is 6.54 Å². The Bertz CT molecular complexity index is 793. The zero-order valence-corrected chi connectivity index (χ0v) is 15.0. The predicted molar refractivity (Wildman–Crippen MR) is 97.8 cm³/mol. The van der Waals surface area contributed by atoms with Gasteiger partial charge in [-0.15, -0.1) is 0 Å². The standard InChI is InChI=1S/C17H26N6O4/c18-17-21-14(19-6-9-4-2-1-3-5-9)11-15(22-17)23(8-20-11)16-13(26)12(25)10(7-24)27-16/h8-10,12-13,16,24-26H,1-7H2,(H3,18,19,21,22)/t10-,12-,13-,16?/m1/s1. The van der Waals surface area contributed by atoms with Gasteiger partial charge in [-0.3, -0.25) is 4.57 Å². The molecule has 0 bridgehead atoms. The Morgan fingerprint density at radius 1 is 1.19 bits per heavy atom. The second-order valence-electron chi connectivity index (χ2n) is 7.37. The number of fused-ring (bicyclic) bond motifs is 1. The van der Waals surface area contributed by atoms with Gasteiger partial charge in [-0.05, 0) is 18.8 Å². The Kier molecular flexibility index (Phi) is 5.13. The van der Waals surface area contributed by atoms with Gasteiger partial charge < -0.3 is 31.1 Å². The lowest BCUT2D eigenvalue weighted by molar-refractivity contribution is -0.0511. The van der Waals surface area contributed by atoms with Crippen molar-refractivity contribution >= 4 is 22.9 Å². The Labute approximate surface area is 156 Å². The maximum Gasteiger partial charge on any atom is 0.224 e. The summed E-state index contributed by atoms with van der Waals surface area (Å²) in [6, 6.07) is 0. The lowest BCUT2D eigenvalue weighted by Crippen LogP contribution is -2.33. The molecule has 0 amide bonds. The van der Waals surface area contributed by atoms with Crippen LogP contribution in [0.5, 0.6) is 0 Å². The van der Waals surface area contributed by atoms with Crippen LogP contribution in [0.4, 0.5) is 11.8 Å². The van der Waals surface area contributed by atoms with Crippen LogP contribution in [0.3, 0.4) is 0 Å². The zero-order valence-electron chi connectivity index (χ0n) is 15.0. The number of ether oxygens (including phenoxy) is 1. The van der Waals surface area contributed by atoms with Gasteiger partial charge in [0.2, 0.25) is 5.95 Å². The summed E-state index contributed by atoms with van der Waals surface area (Å²) in [6.07, 6.45) is 3.51. The smallest absolute Gasteiger partial charge is 0.224 e. The van der Waals surface area contributed by atoms with Crippen molar-refractivity contribution in [2.24, 2.45) is 5.92 Å². The summed E-state index contributed by atoms with van der Waals surface area (Å²) in [5.74, 6) is 1.24. The van der Waals surface area contributed by atoms with Crippen molar-refractivity contribution in [3.05, 3.63) is 6.33 Å². The Balaban J connectivity index is 1.60. The van der Waals surface area contributed by atoms with E-state index in [2.05, 4.69) is 20.3 Å². The molecule has 10 nitrogen and oxygen atoms in total. The molecule has 6 N–H and O–H groups in total. The van der Waals surface area contributed by atoms with Gasteiger partial charge in [0.25, 0.3) is 0 Å². The van der Waals surface area contributed by atoms with Crippen LogP contribution in [0.1, 0.15) is 38.3 Å². The maximum absolute atomic E-state index is 10.3. The predicted octanol–water partition coefficient (Wildman–Crippen LogP) is 0.0122. The number of hydrogen-bond acceptors (Lipinski definition) is 9. The van der Waals surface area contributed by atoms with Crippen molar-refractivity contribution in [3.8, 4) is 0 Å². The fourth-order valence-electron chi connectivity index (χ4n) is 3.98. The average Bonchev–Trinajstić information content (AvgIpc) is 3.22. The van der Waals surface area contributed by atoms with Gasteiger partial charge in [-0.2, -0.15) is 9.97 Å². The SMILES string of the molecule is Nc1nc(NCC2CCCCC2)c2ncn(C3O[C@H](CO)[C@@H](O)[C@H]3O)c2n1. The van der Waals surface area contributed by atoms with E-state index in [1.54, 1.807) is 0 Å². The Morgan fingerprint density at radius 2 is 1.96 bits per heavy atom. The first-order valence-electron chi connectivity index (χ1n) is 9.45. The third-order valence-electron chi connectivity index (χ3n) is 5.51. The van der Waals surface area contributed by atoms with Crippen molar-refractivity contribution in [1.29, 1.82) is 0 Å². The van der Waals surface area contributed by atoms with E-state index in [4.69, 9.17) is 10.5 Å². The summed E-state index contributed by atoms with van der Waals surface area (Å²) in [5, 5.41) is 32.9. The number of aliphatic hydroxyl groups excluding tert-OH is 3. The van der Waals surface area contributed by atoms with Crippen molar-refractivity contribution < 1.29 is 20.1 Å². The molecular formula is C17H26N6O4. The molecule has 2 fully saturated rings. The third kappa shape index (κ3) is 3.45. The first kappa shape index (κ1) is 18.4. The molecule has 0 aromatic carbocycles. The number of hydrogen-bond donors (Lipinski definition) is 5. The van der Waals surface area contributed by atoms with E-state index >= 15 is 0 Å². The molecule has 10 heteroatoms. The maximum atomic E-state index is 10.3. The fraction of sp³-hybridized carbons (Fsp3) is 0.706. The Hall–Kier alpha value is -2.01. The monoisotopic (exact) mass is 378 g/mol.